The molecule has 1 atom stereocenters. The second kappa shape index (κ2) is 16.4. The van der Waals surface area contributed by atoms with Crippen molar-refractivity contribution in [2.75, 3.05) is 31.4 Å². The van der Waals surface area contributed by atoms with E-state index in [1.165, 1.54) is 62.5 Å². The van der Waals surface area contributed by atoms with Gasteiger partial charge in [0.05, 0.1) is 31.6 Å². The van der Waals surface area contributed by atoms with E-state index >= 15 is 0 Å². The number of anilines is 2. The highest BCUT2D eigenvalue weighted by Gasteiger charge is 2.31. The molecular weight excluding hydrogens is 693 g/mol. The van der Waals surface area contributed by atoms with Crippen molar-refractivity contribution in [3.8, 4) is 11.5 Å². The van der Waals surface area contributed by atoms with E-state index in [4.69, 9.17) is 9.47 Å². The number of aromatic hydroxyl groups is 1. The van der Waals surface area contributed by atoms with Crippen LogP contribution >= 0.6 is 23.1 Å². The van der Waals surface area contributed by atoms with Crippen LogP contribution in [0.3, 0.4) is 0 Å². The second-order valence-corrected chi connectivity index (χ2v) is 13.9. The normalized spacial score (nSPS) is 13.0. The molecule has 5 rings (SSSR count). The van der Waals surface area contributed by atoms with Gasteiger partial charge in [0.15, 0.2) is 0 Å². The summed E-state index contributed by atoms with van der Waals surface area (Å²) in [6.07, 6.45) is 1.92. The highest BCUT2D eigenvalue weighted by Crippen LogP contribution is 2.38. The smallest absolute Gasteiger partial charge is 0.341 e. The lowest BCUT2D eigenvalue weighted by Gasteiger charge is -2.25. The Hall–Kier alpha value is -5.60. The number of hydrogen-bond donors (Lipinski definition) is 4. The standard InChI is InChI=1S/C37H36N4O8S2/c1-21(33(44)40-36-32(37(47)49-4)28-15-16-41(22(2)42)20-31(28)51-36)50-27-12-8-11-25(18-27)38-35(46)29(39-34(45)23-9-6-5-7-10-23)17-24-13-14-26(43)19-30(24)48-3/h5-14,17-19,21,43H,15-16,20H2,1-4H3,(H,38,46)(H,39,45)(H,40,44)/b29-17+. The Labute approximate surface area is 302 Å². The SMILES string of the molecule is COC(=O)c1c(NC(=O)C(C)Sc2cccc(NC(=O)/C(=C\c3ccc(O)cc3OC)NC(=O)c3ccccc3)c2)sc2c1CCN(C(C)=O)C2. The summed E-state index contributed by atoms with van der Waals surface area (Å²) in [5.74, 6) is -1.83. The number of nitrogens with one attached hydrogen (secondary N) is 3. The summed E-state index contributed by atoms with van der Waals surface area (Å²) in [4.78, 5) is 68.0. The molecule has 4 aromatic rings. The Morgan fingerprint density at radius 1 is 0.980 bits per heavy atom. The van der Waals surface area contributed by atoms with Gasteiger partial charge in [-0.05, 0) is 67.4 Å². The highest BCUT2D eigenvalue weighted by molar-refractivity contribution is 8.00. The molecule has 0 saturated carbocycles. The van der Waals surface area contributed by atoms with Crippen LogP contribution in [0.5, 0.6) is 11.5 Å². The topological polar surface area (TPSA) is 163 Å². The quantitative estimate of drug-likeness (QED) is 0.0865. The zero-order valence-electron chi connectivity index (χ0n) is 28.3. The molecule has 3 aromatic carbocycles. The van der Waals surface area contributed by atoms with Crippen LogP contribution in [0.15, 0.2) is 83.4 Å². The number of carbonyl (C=O) groups excluding carboxylic acids is 5. The molecule has 4 amide bonds. The first-order valence-corrected chi connectivity index (χ1v) is 17.5. The average molecular weight is 729 g/mol. The van der Waals surface area contributed by atoms with Crippen LogP contribution in [-0.2, 0) is 32.1 Å². The Balaban J connectivity index is 1.32. The van der Waals surface area contributed by atoms with E-state index in [9.17, 15) is 29.1 Å². The Kier molecular flexibility index (Phi) is 11.8. The number of thioether (sulfide) groups is 1. The third-order valence-electron chi connectivity index (χ3n) is 7.95. The monoisotopic (exact) mass is 728 g/mol. The van der Waals surface area contributed by atoms with Crippen molar-refractivity contribution in [1.29, 1.82) is 0 Å². The van der Waals surface area contributed by atoms with Crippen LogP contribution < -0.4 is 20.7 Å². The van der Waals surface area contributed by atoms with Gasteiger partial charge in [-0.1, -0.05) is 24.3 Å². The summed E-state index contributed by atoms with van der Waals surface area (Å²) in [7, 11) is 2.71. The maximum absolute atomic E-state index is 13.6. The number of amides is 4. The number of esters is 1. The van der Waals surface area contributed by atoms with Crippen molar-refractivity contribution in [3.63, 3.8) is 0 Å². The number of phenols is 1. The molecule has 4 N–H and O–H groups in total. The van der Waals surface area contributed by atoms with Crippen molar-refractivity contribution in [2.24, 2.45) is 0 Å². The van der Waals surface area contributed by atoms with Crippen LogP contribution in [0, 0.1) is 0 Å². The lowest BCUT2D eigenvalue weighted by atomic mass is 10.0. The minimum Gasteiger partial charge on any atom is -0.508 e. The summed E-state index contributed by atoms with van der Waals surface area (Å²) in [5, 5.41) is 18.0. The number of rotatable bonds is 11. The van der Waals surface area contributed by atoms with Crippen LogP contribution in [0.1, 0.15) is 50.6 Å². The van der Waals surface area contributed by atoms with Gasteiger partial charge in [0.1, 0.15) is 22.2 Å². The first-order chi connectivity index (χ1) is 24.5. The number of thiophene rings is 1. The van der Waals surface area contributed by atoms with Gasteiger partial charge in [0.25, 0.3) is 11.8 Å². The fourth-order valence-corrected chi connectivity index (χ4v) is 7.49. The molecule has 1 unspecified atom stereocenters. The Morgan fingerprint density at radius 2 is 1.75 bits per heavy atom. The number of fused-ring (bicyclic) bond motifs is 1. The average Bonchev–Trinajstić information content (AvgIpc) is 3.48. The van der Waals surface area contributed by atoms with Crippen molar-refractivity contribution in [1.82, 2.24) is 10.2 Å². The molecule has 1 aliphatic rings. The van der Waals surface area contributed by atoms with E-state index in [0.29, 0.717) is 57.5 Å². The number of methoxy groups -OCH3 is 2. The van der Waals surface area contributed by atoms with Crippen molar-refractivity contribution >= 4 is 69.5 Å². The van der Waals surface area contributed by atoms with Gasteiger partial charge in [-0.2, -0.15) is 0 Å². The Morgan fingerprint density at radius 3 is 2.45 bits per heavy atom. The molecule has 1 aromatic heterocycles. The first-order valence-electron chi connectivity index (χ1n) is 15.8. The van der Waals surface area contributed by atoms with Gasteiger partial charge >= 0.3 is 5.97 Å². The summed E-state index contributed by atoms with van der Waals surface area (Å²) >= 11 is 2.50. The predicted molar refractivity (Wildman–Crippen MR) is 196 cm³/mol. The van der Waals surface area contributed by atoms with Gasteiger partial charge < -0.3 is 35.4 Å². The van der Waals surface area contributed by atoms with Crippen LogP contribution in [0.2, 0.25) is 0 Å². The van der Waals surface area contributed by atoms with Crippen molar-refractivity contribution in [3.05, 3.63) is 106 Å². The molecule has 0 aliphatic carbocycles. The summed E-state index contributed by atoms with van der Waals surface area (Å²) in [6.45, 7) is 4.04. The Bertz CT molecular complexity index is 2010. The molecule has 0 fully saturated rings. The van der Waals surface area contributed by atoms with Crippen LogP contribution in [0.25, 0.3) is 6.08 Å². The van der Waals surface area contributed by atoms with Gasteiger partial charge in [-0.3, -0.25) is 19.2 Å². The van der Waals surface area contributed by atoms with Crippen molar-refractivity contribution in [2.45, 2.75) is 37.0 Å². The van der Waals surface area contributed by atoms with Gasteiger partial charge in [-0.15, -0.1) is 23.1 Å². The summed E-state index contributed by atoms with van der Waals surface area (Å²) in [6, 6.07) is 19.7. The number of hydrogen-bond acceptors (Lipinski definition) is 10. The van der Waals surface area contributed by atoms with Gasteiger partial charge in [0, 0.05) is 46.1 Å². The number of benzene rings is 3. The van der Waals surface area contributed by atoms with Crippen LogP contribution in [0.4, 0.5) is 10.7 Å². The zero-order valence-corrected chi connectivity index (χ0v) is 29.9. The molecule has 0 saturated heterocycles. The largest absolute Gasteiger partial charge is 0.508 e. The predicted octanol–water partition coefficient (Wildman–Crippen LogP) is 5.68. The lowest BCUT2D eigenvalue weighted by molar-refractivity contribution is -0.129. The minimum atomic E-state index is -0.623. The summed E-state index contributed by atoms with van der Waals surface area (Å²) < 4.78 is 10.4. The third-order valence-corrected chi connectivity index (χ3v) is 10.2. The van der Waals surface area contributed by atoms with E-state index in [0.717, 1.165) is 10.4 Å². The number of phenolic OH excluding ortho intramolecular Hbond substituents is 1. The van der Waals surface area contributed by atoms with E-state index < -0.39 is 23.0 Å². The molecule has 0 spiro atoms. The molecule has 14 heteroatoms. The lowest BCUT2D eigenvalue weighted by Crippen LogP contribution is -2.33. The molecule has 2 heterocycles. The van der Waals surface area contributed by atoms with E-state index in [2.05, 4.69) is 16.0 Å². The molecule has 51 heavy (non-hydrogen) atoms. The minimum absolute atomic E-state index is 0.0278. The maximum atomic E-state index is 13.6. The third kappa shape index (κ3) is 8.96. The van der Waals surface area contributed by atoms with Gasteiger partial charge in [0.2, 0.25) is 11.8 Å². The van der Waals surface area contributed by atoms with E-state index in [-0.39, 0.29) is 23.3 Å². The van der Waals surface area contributed by atoms with E-state index in [1.54, 1.807) is 72.5 Å². The highest BCUT2D eigenvalue weighted by atomic mass is 32.2. The van der Waals surface area contributed by atoms with Crippen LogP contribution in [-0.4, -0.2) is 65.6 Å². The molecule has 12 nitrogen and oxygen atoms in total. The zero-order chi connectivity index (χ0) is 36.7. The fourth-order valence-electron chi connectivity index (χ4n) is 5.31. The van der Waals surface area contributed by atoms with Gasteiger partial charge in [-0.25, -0.2) is 4.79 Å². The van der Waals surface area contributed by atoms with E-state index in [1.807, 2.05) is 0 Å². The molecule has 0 radical (unpaired) electrons. The number of ether oxygens (including phenoxy) is 2. The summed E-state index contributed by atoms with van der Waals surface area (Å²) in [5.41, 5.74) is 2.20. The van der Waals surface area contributed by atoms with Crippen molar-refractivity contribution < 1.29 is 38.6 Å². The molecule has 264 valence electrons. The molecule has 0 bridgehead atoms. The second-order valence-electron chi connectivity index (χ2n) is 11.4. The fraction of sp³-hybridized carbons (Fsp3) is 0.216. The maximum Gasteiger partial charge on any atom is 0.341 e. The molecular formula is C37H36N4O8S2. The number of carbonyl (C=O) groups is 5. The molecule has 1 aliphatic heterocycles. The first kappa shape index (κ1) is 36.7. The number of nitrogens with zero attached hydrogens (tertiary/aromatic N) is 1.